The first kappa shape index (κ1) is 31.1. The average molecular weight is 608 g/mol. The molecule has 0 heterocycles. The SMILES string of the molecule is CSCC(=O)N[C@@H](C)NC(=O)c1ccc(C=CC(c2cc(Cl)c(Cl)c(Cl)c2)C(F)(F)F)cc1C(F)(F)F. The van der Waals surface area contributed by atoms with Crippen LogP contribution in [-0.4, -0.2) is 36.2 Å². The van der Waals surface area contributed by atoms with Gasteiger partial charge in [0.1, 0.15) is 0 Å². The summed E-state index contributed by atoms with van der Waals surface area (Å²) in [5, 5.41) is 4.06. The lowest BCUT2D eigenvalue weighted by atomic mass is 9.96. The molecule has 0 spiro atoms. The van der Waals surface area contributed by atoms with E-state index in [1.807, 2.05) is 0 Å². The molecule has 4 nitrogen and oxygen atoms in total. The Kier molecular flexibility index (Phi) is 10.6. The Hall–Kier alpha value is -2.08. The van der Waals surface area contributed by atoms with Crippen LogP contribution in [0.5, 0.6) is 0 Å². The molecule has 0 bridgehead atoms. The summed E-state index contributed by atoms with van der Waals surface area (Å²) in [5.41, 5.74) is -2.74. The van der Waals surface area contributed by atoms with E-state index in [1.165, 1.54) is 18.7 Å². The Labute approximate surface area is 227 Å². The number of hydrogen-bond donors (Lipinski definition) is 2. The lowest BCUT2D eigenvalue weighted by Crippen LogP contribution is -2.46. The van der Waals surface area contributed by atoms with E-state index in [0.29, 0.717) is 12.1 Å². The highest BCUT2D eigenvalue weighted by Crippen LogP contribution is 2.41. The molecule has 2 N–H and O–H groups in total. The predicted octanol–water partition coefficient (Wildman–Crippen LogP) is 7.58. The molecule has 14 heteroatoms. The molecule has 0 aliphatic carbocycles. The van der Waals surface area contributed by atoms with Gasteiger partial charge in [0.25, 0.3) is 5.91 Å². The van der Waals surface area contributed by atoms with E-state index < -0.39 is 47.4 Å². The van der Waals surface area contributed by atoms with Crippen LogP contribution in [0.3, 0.4) is 0 Å². The number of hydrogen-bond acceptors (Lipinski definition) is 3. The molecular weight excluding hydrogens is 589 g/mol. The van der Waals surface area contributed by atoms with Gasteiger partial charge in [0, 0.05) is 0 Å². The monoisotopic (exact) mass is 606 g/mol. The topological polar surface area (TPSA) is 58.2 Å². The van der Waals surface area contributed by atoms with Crippen LogP contribution in [0.4, 0.5) is 26.3 Å². The van der Waals surface area contributed by atoms with Gasteiger partial charge in [0.2, 0.25) is 5.91 Å². The third-order valence-electron chi connectivity index (χ3n) is 4.79. The van der Waals surface area contributed by atoms with Crippen molar-refractivity contribution in [1.29, 1.82) is 0 Å². The standard InChI is InChI=1S/C23H19Cl3F6N2O2S/c1-11(33-19(35)10-37-2)34-21(36)14-5-3-12(7-16(14)23(30,31)32)4-6-15(22(27,28)29)13-8-17(24)20(26)18(25)9-13/h3-9,11,15H,10H2,1-2H3,(H,33,35)(H,34,36)/t11-,15?/m1/s1. The Balaban J connectivity index is 2.39. The van der Waals surface area contributed by atoms with Crippen molar-refractivity contribution >= 4 is 64.5 Å². The first-order valence-corrected chi connectivity index (χ1v) is 12.8. The van der Waals surface area contributed by atoms with Crippen LogP contribution in [-0.2, 0) is 11.0 Å². The smallest absolute Gasteiger partial charge is 0.336 e. The van der Waals surface area contributed by atoms with Crippen LogP contribution in [0.2, 0.25) is 15.1 Å². The number of carbonyl (C=O) groups excluding carboxylic acids is 2. The van der Waals surface area contributed by atoms with Crippen molar-refractivity contribution in [3.05, 3.63) is 73.7 Å². The van der Waals surface area contributed by atoms with E-state index in [4.69, 9.17) is 34.8 Å². The number of halogens is 9. The summed E-state index contributed by atoms with van der Waals surface area (Å²) in [7, 11) is 0. The second kappa shape index (κ2) is 12.6. The number of rotatable bonds is 8. The van der Waals surface area contributed by atoms with Crippen LogP contribution >= 0.6 is 46.6 Å². The van der Waals surface area contributed by atoms with Crippen molar-refractivity contribution in [2.75, 3.05) is 12.0 Å². The quantitative estimate of drug-likeness (QED) is 0.185. The molecule has 202 valence electrons. The van der Waals surface area contributed by atoms with E-state index in [1.54, 1.807) is 6.26 Å². The zero-order chi connectivity index (χ0) is 28.1. The van der Waals surface area contributed by atoms with E-state index in [0.717, 1.165) is 30.3 Å². The number of carbonyl (C=O) groups is 2. The van der Waals surface area contributed by atoms with Crippen molar-refractivity contribution in [1.82, 2.24) is 10.6 Å². The highest BCUT2D eigenvalue weighted by molar-refractivity contribution is 7.99. The number of benzene rings is 2. The molecule has 2 aromatic rings. The molecule has 0 saturated heterocycles. The molecule has 2 amide bonds. The van der Waals surface area contributed by atoms with Gasteiger partial charge in [0.15, 0.2) is 0 Å². The molecule has 2 aromatic carbocycles. The number of alkyl halides is 6. The molecule has 0 radical (unpaired) electrons. The van der Waals surface area contributed by atoms with Gasteiger partial charge in [-0.05, 0) is 48.6 Å². The van der Waals surface area contributed by atoms with Gasteiger partial charge in [-0.15, -0.1) is 0 Å². The maximum Gasteiger partial charge on any atom is 0.417 e. The largest absolute Gasteiger partial charge is 0.417 e. The number of allylic oxidation sites excluding steroid dienone is 1. The lowest BCUT2D eigenvalue weighted by molar-refractivity contribution is -0.139. The number of nitrogens with one attached hydrogen (secondary N) is 2. The second-order valence-electron chi connectivity index (χ2n) is 7.68. The second-order valence-corrected chi connectivity index (χ2v) is 9.73. The Bertz CT molecular complexity index is 1170. The van der Waals surface area contributed by atoms with Crippen LogP contribution in [0, 0.1) is 0 Å². The van der Waals surface area contributed by atoms with E-state index in [2.05, 4.69) is 10.6 Å². The Morgan fingerprint density at radius 2 is 1.59 bits per heavy atom. The summed E-state index contributed by atoms with van der Waals surface area (Å²) < 4.78 is 82.4. The molecule has 0 aliphatic rings. The molecule has 1 unspecified atom stereocenters. The van der Waals surface area contributed by atoms with E-state index in [-0.39, 0.29) is 31.9 Å². The fourth-order valence-corrected chi connectivity index (χ4v) is 4.15. The van der Waals surface area contributed by atoms with E-state index >= 15 is 0 Å². The Morgan fingerprint density at radius 3 is 2.11 bits per heavy atom. The zero-order valence-corrected chi connectivity index (χ0v) is 22.1. The summed E-state index contributed by atoms with van der Waals surface area (Å²) >= 11 is 18.7. The highest BCUT2D eigenvalue weighted by Gasteiger charge is 2.40. The predicted molar refractivity (Wildman–Crippen MR) is 134 cm³/mol. The fraction of sp³-hybridized carbons (Fsp3) is 0.304. The van der Waals surface area contributed by atoms with Gasteiger partial charge < -0.3 is 10.6 Å². The molecule has 2 atom stereocenters. The van der Waals surface area contributed by atoms with Crippen molar-refractivity contribution in [3.8, 4) is 0 Å². The minimum Gasteiger partial charge on any atom is -0.336 e. The van der Waals surface area contributed by atoms with Gasteiger partial charge in [-0.1, -0.05) is 53.0 Å². The van der Waals surface area contributed by atoms with Gasteiger partial charge in [0.05, 0.1) is 44.0 Å². The Morgan fingerprint density at radius 1 is 1.00 bits per heavy atom. The molecule has 0 aliphatic heterocycles. The number of amides is 2. The summed E-state index contributed by atoms with van der Waals surface area (Å²) in [6.07, 6.45) is -7.64. The molecule has 37 heavy (non-hydrogen) atoms. The van der Waals surface area contributed by atoms with Gasteiger partial charge in [-0.3, -0.25) is 9.59 Å². The summed E-state index contributed by atoms with van der Waals surface area (Å²) in [5.74, 6) is -3.73. The zero-order valence-electron chi connectivity index (χ0n) is 19.0. The lowest BCUT2D eigenvalue weighted by Gasteiger charge is -2.19. The van der Waals surface area contributed by atoms with Gasteiger partial charge in [-0.2, -0.15) is 38.1 Å². The van der Waals surface area contributed by atoms with Gasteiger partial charge >= 0.3 is 12.4 Å². The van der Waals surface area contributed by atoms with Crippen molar-refractivity contribution in [2.24, 2.45) is 0 Å². The number of thioether (sulfide) groups is 1. The van der Waals surface area contributed by atoms with Crippen molar-refractivity contribution < 1.29 is 35.9 Å². The first-order chi connectivity index (χ1) is 17.0. The normalized spacial score (nSPS) is 13.9. The van der Waals surface area contributed by atoms with Crippen LogP contribution in [0.25, 0.3) is 6.08 Å². The minimum absolute atomic E-state index is 0.0857. The van der Waals surface area contributed by atoms with Crippen LogP contribution in [0.15, 0.2) is 36.4 Å². The highest BCUT2D eigenvalue weighted by atomic mass is 35.5. The van der Waals surface area contributed by atoms with E-state index in [9.17, 15) is 35.9 Å². The fourth-order valence-electron chi connectivity index (χ4n) is 3.19. The summed E-state index contributed by atoms with van der Waals surface area (Å²) in [6, 6.07) is 4.38. The summed E-state index contributed by atoms with van der Waals surface area (Å²) in [6.45, 7) is 1.37. The molecule has 2 rings (SSSR count). The van der Waals surface area contributed by atoms with Crippen LogP contribution in [0.1, 0.15) is 39.9 Å². The molecule has 0 fully saturated rings. The minimum atomic E-state index is -5.00. The van der Waals surface area contributed by atoms with Crippen molar-refractivity contribution in [2.45, 2.75) is 31.4 Å². The van der Waals surface area contributed by atoms with Crippen LogP contribution < -0.4 is 10.6 Å². The molecule has 0 saturated carbocycles. The van der Waals surface area contributed by atoms with Crippen molar-refractivity contribution in [3.63, 3.8) is 0 Å². The third kappa shape index (κ3) is 8.73. The molecule has 0 aromatic heterocycles. The average Bonchev–Trinajstić information content (AvgIpc) is 2.75. The van der Waals surface area contributed by atoms with Gasteiger partial charge in [-0.25, -0.2) is 0 Å². The maximum absolute atomic E-state index is 13.7. The third-order valence-corrected chi connectivity index (χ3v) is 6.54. The molecular formula is C23H19Cl3F6N2O2S. The maximum atomic E-state index is 13.7. The first-order valence-electron chi connectivity index (χ1n) is 10.2. The summed E-state index contributed by atoms with van der Waals surface area (Å²) in [4.78, 5) is 24.1.